The van der Waals surface area contributed by atoms with Crippen LogP contribution in [0.5, 0.6) is 0 Å². The first-order chi connectivity index (χ1) is 7.45. The van der Waals surface area contributed by atoms with E-state index in [2.05, 4.69) is 23.5 Å². The molecule has 0 amide bonds. The molecule has 1 unspecified atom stereocenters. The largest absolute Gasteiger partial charge is 0.469 e. The summed E-state index contributed by atoms with van der Waals surface area (Å²) in [5.41, 5.74) is 0. The number of hydrogen-bond acceptors (Lipinski definition) is 4. The number of hydrogen-bond donors (Lipinski definition) is 1. The van der Waals surface area contributed by atoms with Gasteiger partial charge in [-0.15, -0.1) is 0 Å². The molecule has 0 fully saturated rings. The van der Waals surface area contributed by atoms with Gasteiger partial charge in [0, 0.05) is 6.54 Å². The number of esters is 1. The fraction of sp³-hybridized carbons (Fsp3) is 0.917. The molecule has 0 saturated carbocycles. The van der Waals surface area contributed by atoms with E-state index in [0.717, 1.165) is 13.0 Å². The minimum Gasteiger partial charge on any atom is -0.469 e. The third kappa shape index (κ3) is 8.68. The zero-order chi connectivity index (χ0) is 12.6. The minimum atomic E-state index is -0.628. The molecule has 0 aromatic heterocycles. The monoisotopic (exact) mass is 231 g/mol. The highest BCUT2D eigenvalue weighted by Crippen LogP contribution is 2.05. The van der Waals surface area contributed by atoms with E-state index in [1.807, 2.05) is 7.05 Å². The van der Waals surface area contributed by atoms with Crippen molar-refractivity contribution in [3.63, 3.8) is 0 Å². The van der Waals surface area contributed by atoms with Gasteiger partial charge >= 0.3 is 5.97 Å². The summed E-state index contributed by atoms with van der Waals surface area (Å²) in [5.74, 6) is 0.358. The van der Waals surface area contributed by atoms with Gasteiger partial charge in [-0.05, 0) is 32.4 Å². The van der Waals surface area contributed by atoms with E-state index in [1.165, 1.54) is 13.5 Å². The summed E-state index contributed by atoms with van der Waals surface area (Å²) < 4.78 is 4.50. The molecule has 0 saturated heterocycles. The van der Waals surface area contributed by atoms with Crippen molar-refractivity contribution in [1.82, 2.24) is 4.90 Å². The van der Waals surface area contributed by atoms with Gasteiger partial charge in [-0.2, -0.15) is 0 Å². The van der Waals surface area contributed by atoms with Crippen LogP contribution in [0.2, 0.25) is 0 Å². The Morgan fingerprint density at radius 3 is 2.56 bits per heavy atom. The SMILES string of the molecule is COC(=O)CC(O)CN(C)CCCC(C)C. The number of carbonyl (C=O) groups is 1. The van der Waals surface area contributed by atoms with Crippen molar-refractivity contribution in [2.45, 2.75) is 39.2 Å². The molecule has 0 aliphatic rings. The van der Waals surface area contributed by atoms with Gasteiger partial charge in [0.2, 0.25) is 0 Å². The summed E-state index contributed by atoms with van der Waals surface area (Å²) in [6.45, 7) is 5.88. The van der Waals surface area contributed by atoms with E-state index in [4.69, 9.17) is 0 Å². The van der Waals surface area contributed by atoms with E-state index in [0.29, 0.717) is 12.5 Å². The number of aliphatic hydroxyl groups is 1. The van der Waals surface area contributed by atoms with E-state index in [9.17, 15) is 9.90 Å². The Kier molecular flexibility index (Phi) is 8.21. The van der Waals surface area contributed by atoms with E-state index < -0.39 is 6.10 Å². The molecule has 16 heavy (non-hydrogen) atoms. The lowest BCUT2D eigenvalue weighted by Gasteiger charge is -2.20. The summed E-state index contributed by atoms with van der Waals surface area (Å²) in [6.07, 6.45) is 1.76. The zero-order valence-electron chi connectivity index (χ0n) is 10.9. The molecule has 0 spiro atoms. The lowest BCUT2D eigenvalue weighted by molar-refractivity contribution is -0.143. The summed E-state index contributed by atoms with van der Waals surface area (Å²) in [6, 6.07) is 0. The van der Waals surface area contributed by atoms with Crippen molar-refractivity contribution >= 4 is 5.97 Å². The van der Waals surface area contributed by atoms with Crippen LogP contribution in [0.4, 0.5) is 0 Å². The van der Waals surface area contributed by atoms with Crippen molar-refractivity contribution in [2.75, 3.05) is 27.2 Å². The van der Waals surface area contributed by atoms with Crippen molar-refractivity contribution < 1.29 is 14.6 Å². The Morgan fingerprint density at radius 1 is 1.44 bits per heavy atom. The Hall–Kier alpha value is -0.610. The van der Waals surface area contributed by atoms with Gasteiger partial charge in [0.25, 0.3) is 0 Å². The first-order valence-corrected chi connectivity index (χ1v) is 5.89. The first kappa shape index (κ1) is 15.4. The number of likely N-dealkylation sites (N-methyl/N-ethyl adjacent to an activating group) is 1. The number of methoxy groups -OCH3 is 1. The number of rotatable bonds is 8. The van der Waals surface area contributed by atoms with Crippen LogP contribution in [0.1, 0.15) is 33.1 Å². The molecule has 0 rings (SSSR count). The summed E-state index contributed by atoms with van der Waals surface area (Å²) >= 11 is 0. The van der Waals surface area contributed by atoms with Crippen LogP contribution in [0, 0.1) is 5.92 Å². The van der Waals surface area contributed by atoms with Gasteiger partial charge in [-0.3, -0.25) is 4.79 Å². The van der Waals surface area contributed by atoms with Gasteiger partial charge in [-0.25, -0.2) is 0 Å². The van der Waals surface area contributed by atoms with Crippen LogP contribution in [-0.4, -0.2) is 49.3 Å². The molecule has 0 heterocycles. The number of nitrogens with zero attached hydrogens (tertiary/aromatic N) is 1. The Morgan fingerprint density at radius 2 is 2.06 bits per heavy atom. The molecule has 1 atom stereocenters. The molecule has 0 aliphatic carbocycles. The van der Waals surface area contributed by atoms with Crippen LogP contribution in [0.15, 0.2) is 0 Å². The second-order valence-electron chi connectivity index (χ2n) is 4.73. The van der Waals surface area contributed by atoms with E-state index in [-0.39, 0.29) is 12.4 Å². The van der Waals surface area contributed by atoms with Gasteiger partial charge in [-0.1, -0.05) is 13.8 Å². The molecule has 0 aromatic carbocycles. The maximum absolute atomic E-state index is 10.9. The third-order valence-electron chi connectivity index (χ3n) is 2.47. The summed E-state index contributed by atoms with van der Waals surface area (Å²) in [4.78, 5) is 13.0. The predicted octanol–water partition coefficient (Wildman–Crippen LogP) is 1.28. The molecule has 0 aromatic rings. The molecular formula is C12H25NO3. The average molecular weight is 231 g/mol. The molecular weight excluding hydrogens is 206 g/mol. The molecule has 4 heteroatoms. The molecule has 0 aliphatic heterocycles. The second-order valence-corrected chi connectivity index (χ2v) is 4.73. The number of carbonyl (C=O) groups excluding carboxylic acids is 1. The average Bonchev–Trinajstić information content (AvgIpc) is 2.16. The lowest BCUT2D eigenvalue weighted by atomic mass is 10.1. The maximum Gasteiger partial charge on any atom is 0.308 e. The summed E-state index contributed by atoms with van der Waals surface area (Å²) in [5, 5.41) is 9.59. The fourth-order valence-corrected chi connectivity index (χ4v) is 1.56. The lowest BCUT2D eigenvalue weighted by Crippen LogP contribution is -2.31. The Labute approximate surface area is 98.6 Å². The van der Waals surface area contributed by atoms with Gasteiger partial charge < -0.3 is 14.7 Å². The van der Waals surface area contributed by atoms with Crippen LogP contribution in [0.3, 0.4) is 0 Å². The number of ether oxygens (including phenoxy) is 1. The van der Waals surface area contributed by atoms with Crippen LogP contribution < -0.4 is 0 Å². The molecule has 4 nitrogen and oxygen atoms in total. The minimum absolute atomic E-state index is 0.0744. The van der Waals surface area contributed by atoms with Gasteiger partial charge in [0.15, 0.2) is 0 Å². The van der Waals surface area contributed by atoms with E-state index in [1.54, 1.807) is 0 Å². The van der Waals surface area contributed by atoms with Crippen molar-refractivity contribution in [3.05, 3.63) is 0 Å². The van der Waals surface area contributed by atoms with Gasteiger partial charge in [0.1, 0.15) is 0 Å². The van der Waals surface area contributed by atoms with Crippen molar-refractivity contribution in [1.29, 1.82) is 0 Å². The molecule has 96 valence electrons. The Bertz CT molecular complexity index is 195. The quantitative estimate of drug-likeness (QED) is 0.639. The topological polar surface area (TPSA) is 49.8 Å². The zero-order valence-corrected chi connectivity index (χ0v) is 10.9. The van der Waals surface area contributed by atoms with Crippen molar-refractivity contribution in [2.24, 2.45) is 5.92 Å². The third-order valence-corrected chi connectivity index (χ3v) is 2.47. The molecule has 0 bridgehead atoms. The second kappa shape index (κ2) is 8.53. The highest BCUT2D eigenvalue weighted by molar-refractivity contribution is 5.69. The smallest absolute Gasteiger partial charge is 0.308 e. The van der Waals surface area contributed by atoms with Crippen LogP contribution >= 0.6 is 0 Å². The van der Waals surface area contributed by atoms with E-state index >= 15 is 0 Å². The normalized spacial score (nSPS) is 13.2. The van der Waals surface area contributed by atoms with Crippen LogP contribution in [0.25, 0.3) is 0 Å². The first-order valence-electron chi connectivity index (χ1n) is 5.89. The highest BCUT2D eigenvalue weighted by atomic mass is 16.5. The predicted molar refractivity (Wildman–Crippen MR) is 64.2 cm³/mol. The van der Waals surface area contributed by atoms with Crippen LogP contribution in [-0.2, 0) is 9.53 Å². The summed E-state index contributed by atoms with van der Waals surface area (Å²) in [7, 11) is 3.29. The standard InChI is InChI=1S/C12H25NO3/c1-10(2)6-5-7-13(3)9-11(14)8-12(15)16-4/h10-11,14H,5-9H2,1-4H3. The van der Waals surface area contributed by atoms with Gasteiger partial charge in [0.05, 0.1) is 19.6 Å². The van der Waals surface area contributed by atoms with Crippen molar-refractivity contribution in [3.8, 4) is 0 Å². The maximum atomic E-state index is 10.9. The molecule has 0 radical (unpaired) electrons. The molecule has 1 N–H and O–H groups in total. The fourth-order valence-electron chi connectivity index (χ4n) is 1.56. The number of aliphatic hydroxyl groups excluding tert-OH is 1. The Balaban J connectivity index is 3.61. The highest BCUT2D eigenvalue weighted by Gasteiger charge is 2.13.